The zero-order valence-electron chi connectivity index (χ0n) is 14.8. The van der Waals surface area contributed by atoms with Crippen LogP contribution in [0.5, 0.6) is 5.75 Å². The zero-order valence-corrected chi connectivity index (χ0v) is 16.4. The number of nitrogens with one attached hydrogen (secondary N) is 1. The van der Waals surface area contributed by atoms with E-state index in [-0.39, 0.29) is 5.91 Å². The minimum Gasteiger partial charge on any atom is -0.494 e. The molecule has 6 heteroatoms. The van der Waals surface area contributed by atoms with Crippen LogP contribution in [0, 0.1) is 13.8 Å². The van der Waals surface area contributed by atoms with E-state index in [0.29, 0.717) is 19.4 Å². The van der Waals surface area contributed by atoms with Gasteiger partial charge in [0.1, 0.15) is 5.75 Å². The number of unbranched alkanes of at least 4 members (excludes halogenated alkanes) is 1. The molecule has 1 aromatic heterocycles. The molecule has 0 saturated carbocycles. The summed E-state index contributed by atoms with van der Waals surface area (Å²) in [5.74, 6) is 0.876. The van der Waals surface area contributed by atoms with Crippen LogP contribution in [-0.2, 0) is 11.2 Å². The maximum absolute atomic E-state index is 11.8. The highest BCUT2D eigenvalue weighted by atomic mass is 35.5. The van der Waals surface area contributed by atoms with Crippen LogP contribution < -0.4 is 10.1 Å². The highest BCUT2D eigenvalue weighted by molar-refractivity contribution is 7.09. The SMILES string of the molecule is Cc1csc(CCCCNC(=O)CCCOc2ccc(Cl)c(C)c2)n1. The molecule has 0 aliphatic rings. The van der Waals surface area contributed by atoms with Crippen molar-refractivity contribution in [3.8, 4) is 5.75 Å². The molecule has 4 nitrogen and oxygen atoms in total. The number of thiazole rings is 1. The number of amides is 1. The number of rotatable bonds is 10. The molecule has 0 saturated heterocycles. The number of aryl methyl sites for hydroxylation is 3. The second kappa shape index (κ2) is 10.4. The minimum atomic E-state index is 0.0842. The molecule has 2 aromatic rings. The lowest BCUT2D eigenvalue weighted by Crippen LogP contribution is -2.24. The molecule has 1 N–H and O–H groups in total. The summed E-state index contributed by atoms with van der Waals surface area (Å²) in [5.41, 5.74) is 2.08. The van der Waals surface area contributed by atoms with Crippen LogP contribution in [0.1, 0.15) is 41.9 Å². The highest BCUT2D eigenvalue weighted by Crippen LogP contribution is 2.21. The molecule has 0 aliphatic carbocycles. The Labute approximate surface area is 158 Å². The predicted molar refractivity (Wildman–Crippen MR) is 104 cm³/mol. The molecule has 1 aromatic carbocycles. The molecule has 0 unspecified atom stereocenters. The molecular weight excluding hydrogens is 356 g/mol. The van der Waals surface area contributed by atoms with Gasteiger partial charge in [0.25, 0.3) is 0 Å². The fourth-order valence-corrected chi connectivity index (χ4v) is 3.30. The number of nitrogens with zero attached hydrogens (tertiary/aromatic N) is 1. The molecular formula is C19H25ClN2O2S. The number of hydrogen-bond donors (Lipinski definition) is 1. The number of ether oxygens (including phenoxy) is 1. The van der Waals surface area contributed by atoms with Gasteiger partial charge in [0.15, 0.2) is 0 Å². The Kier molecular flexibility index (Phi) is 8.22. The summed E-state index contributed by atoms with van der Waals surface area (Å²) in [5, 5.41) is 6.95. The van der Waals surface area contributed by atoms with E-state index in [1.54, 1.807) is 11.3 Å². The van der Waals surface area contributed by atoms with Crippen molar-refractivity contribution in [2.45, 2.75) is 46.0 Å². The Hall–Kier alpha value is -1.59. The maximum Gasteiger partial charge on any atom is 0.220 e. The predicted octanol–water partition coefficient (Wildman–Crippen LogP) is 4.71. The molecule has 2 rings (SSSR count). The maximum atomic E-state index is 11.8. The van der Waals surface area contributed by atoms with Gasteiger partial charge < -0.3 is 10.1 Å². The van der Waals surface area contributed by atoms with E-state index in [1.165, 1.54) is 5.01 Å². The molecule has 0 bridgehead atoms. The monoisotopic (exact) mass is 380 g/mol. The first kappa shape index (κ1) is 19.7. The van der Waals surface area contributed by atoms with Crippen molar-refractivity contribution in [1.82, 2.24) is 10.3 Å². The Balaban J connectivity index is 1.50. The summed E-state index contributed by atoms with van der Waals surface area (Å²) in [6.07, 6.45) is 4.20. The van der Waals surface area contributed by atoms with E-state index >= 15 is 0 Å². The van der Waals surface area contributed by atoms with Crippen LogP contribution in [-0.4, -0.2) is 24.0 Å². The third-order valence-corrected chi connectivity index (χ3v) is 5.20. The Morgan fingerprint density at radius 1 is 1.28 bits per heavy atom. The molecule has 0 fully saturated rings. The Morgan fingerprint density at radius 3 is 2.84 bits per heavy atom. The van der Waals surface area contributed by atoms with Crippen molar-refractivity contribution in [1.29, 1.82) is 0 Å². The molecule has 0 atom stereocenters. The third kappa shape index (κ3) is 7.45. The van der Waals surface area contributed by atoms with Crippen molar-refractivity contribution in [2.24, 2.45) is 0 Å². The second-order valence-electron chi connectivity index (χ2n) is 6.05. The zero-order chi connectivity index (χ0) is 18.1. The summed E-state index contributed by atoms with van der Waals surface area (Å²) in [7, 11) is 0. The number of halogens is 1. The topological polar surface area (TPSA) is 51.2 Å². The van der Waals surface area contributed by atoms with E-state index in [2.05, 4.69) is 15.7 Å². The lowest BCUT2D eigenvalue weighted by molar-refractivity contribution is -0.121. The van der Waals surface area contributed by atoms with Crippen molar-refractivity contribution < 1.29 is 9.53 Å². The van der Waals surface area contributed by atoms with E-state index in [4.69, 9.17) is 16.3 Å². The Bertz CT molecular complexity index is 688. The van der Waals surface area contributed by atoms with Crippen molar-refractivity contribution in [3.63, 3.8) is 0 Å². The third-order valence-electron chi connectivity index (χ3n) is 3.75. The van der Waals surface area contributed by atoms with E-state index in [9.17, 15) is 4.79 Å². The summed E-state index contributed by atoms with van der Waals surface area (Å²) < 4.78 is 5.64. The first-order valence-corrected chi connectivity index (χ1v) is 9.87. The van der Waals surface area contributed by atoms with Crippen molar-refractivity contribution >= 4 is 28.8 Å². The number of hydrogen-bond acceptors (Lipinski definition) is 4. The minimum absolute atomic E-state index is 0.0842. The molecule has 0 spiro atoms. The lowest BCUT2D eigenvalue weighted by Gasteiger charge is -2.08. The van der Waals surface area contributed by atoms with Gasteiger partial charge in [-0.3, -0.25) is 4.79 Å². The first-order chi connectivity index (χ1) is 12.0. The van der Waals surface area contributed by atoms with Crippen LogP contribution in [0.3, 0.4) is 0 Å². The van der Waals surface area contributed by atoms with Gasteiger partial charge in [-0.2, -0.15) is 0 Å². The Morgan fingerprint density at radius 2 is 2.12 bits per heavy atom. The number of aromatic nitrogens is 1. The summed E-state index contributed by atoms with van der Waals surface area (Å²) >= 11 is 7.69. The van der Waals surface area contributed by atoms with Gasteiger partial charge in [-0.1, -0.05) is 11.6 Å². The number of carbonyl (C=O) groups excluding carboxylic acids is 1. The van der Waals surface area contributed by atoms with E-state index < -0.39 is 0 Å². The van der Waals surface area contributed by atoms with Crippen LogP contribution in [0.25, 0.3) is 0 Å². The number of benzene rings is 1. The average molecular weight is 381 g/mol. The highest BCUT2D eigenvalue weighted by Gasteiger charge is 2.03. The van der Waals surface area contributed by atoms with Gasteiger partial charge in [0.05, 0.1) is 11.6 Å². The number of carbonyl (C=O) groups is 1. The van der Waals surface area contributed by atoms with Gasteiger partial charge in [0, 0.05) is 29.1 Å². The van der Waals surface area contributed by atoms with Gasteiger partial charge in [0.2, 0.25) is 5.91 Å². The van der Waals surface area contributed by atoms with Crippen molar-refractivity contribution in [2.75, 3.05) is 13.2 Å². The molecule has 25 heavy (non-hydrogen) atoms. The molecule has 1 amide bonds. The molecule has 1 heterocycles. The summed E-state index contributed by atoms with van der Waals surface area (Å²) in [6, 6.07) is 5.58. The van der Waals surface area contributed by atoms with Crippen LogP contribution in [0.2, 0.25) is 5.02 Å². The lowest BCUT2D eigenvalue weighted by atomic mass is 10.2. The molecule has 0 aliphatic heterocycles. The first-order valence-electron chi connectivity index (χ1n) is 8.61. The summed E-state index contributed by atoms with van der Waals surface area (Å²) in [4.78, 5) is 16.2. The van der Waals surface area contributed by atoms with Gasteiger partial charge in [-0.25, -0.2) is 4.98 Å². The fourth-order valence-electron chi connectivity index (χ4n) is 2.36. The van der Waals surface area contributed by atoms with Gasteiger partial charge >= 0.3 is 0 Å². The standard InChI is InChI=1S/C19H25ClN2O2S/c1-14-12-16(8-9-17(14)20)24-11-5-6-18(23)21-10-4-3-7-19-22-15(2)13-25-19/h8-9,12-13H,3-7,10-11H2,1-2H3,(H,21,23). The van der Waals surface area contributed by atoms with Gasteiger partial charge in [-0.15, -0.1) is 11.3 Å². The largest absolute Gasteiger partial charge is 0.494 e. The van der Waals surface area contributed by atoms with E-state index in [1.807, 2.05) is 32.0 Å². The van der Waals surface area contributed by atoms with Crippen molar-refractivity contribution in [3.05, 3.63) is 44.9 Å². The fraction of sp³-hybridized carbons (Fsp3) is 0.474. The summed E-state index contributed by atoms with van der Waals surface area (Å²) in [6.45, 7) is 5.20. The van der Waals surface area contributed by atoms with Crippen LogP contribution >= 0.6 is 22.9 Å². The van der Waals surface area contributed by atoms with Crippen LogP contribution in [0.4, 0.5) is 0 Å². The second-order valence-corrected chi connectivity index (χ2v) is 7.40. The molecule has 0 radical (unpaired) electrons. The smallest absolute Gasteiger partial charge is 0.220 e. The van der Waals surface area contributed by atoms with E-state index in [0.717, 1.165) is 47.8 Å². The van der Waals surface area contributed by atoms with Gasteiger partial charge in [-0.05, 0) is 63.3 Å². The van der Waals surface area contributed by atoms with Crippen LogP contribution in [0.15, 0.2) is 23.6 Å². The molecule has 136 valence electrons. The average Bonchev–Trinajstić information content (AvgIpc) is 3.00. The normalized spacial score (nSPS) is 10.7. The quantitative estimate of drug-likeness (QED) is 0.607.